The van der Waals surface area contributed by atoms with Crippen molar-refractivity contribution in [2.24, 2.45) is 0 Å². The van der Waals surface area contributed by atoms with Gasteiger partial charge in [0.1, 0.15) is 0 Å². The smallest absolute Gasteiger partial charge is 0.233 e. The van der Waals surface area contributed by atoms with Crippen LogP contribution in [0.4, 0.5) is 0 Å². The van der Waals surface area contributed by atoms with Gasteiger partial charge in [-0.25, -0.2) is 0 Å². The van der Waals surface area contributed by atoms with E-state index in [0.717, 1.165) is 32.4 Å². The van der Waals surface area contributed by atoms with Crippen LogP contribution in [0.5, 0.6) is 0 Å². The van der Waals surface area contributed by atoms with Gasteiger partial charge in [0.2, 0.25) is 5.91 Å². The minimum atomic E-state index is 0.0151. The highest BCUT2D eigenvalue weighted by Crippen LogP contribution is 2.36. The van der Waals surface area contributed by atoms with E-state index in [-0.39, 0.29) is 11.2 Å². The SMILES string of the molecule is O=C(NCCOC1CCNCC1)C1Cc2ccccc2S1. The molecule has 1 saturated heterocycles. The Balaban J connectivity index is 1.36. The fourth-order valence-electron chi connectivity index (χ4n) is 2.80. The van der Waals surface area contributed by atoms with Gasteiger partial charge in [-0.15, -0.1) is 11.8 Å². The van der Waals surface area contributed by atoms with Gasteiger partial charge in [0, 0.05) is 11.4 Å². The first-order valence-corrected chi connectivity index (χ1v) is 8.55. The molecular formula is C16H22N2O2S. The van der Waals surface area contributed by atoms with Crippen LogP contribution < -0.4 is 10.6 Å². The lowest BCUT2D eigenvalue weighted by Gasteiger charge is -2.23. The Kier molecular flexibility index (Phi) is 5.17. The molecule has 1 unspecified atom stereocenters. The number of benzene rings is 1. The first-order chi connectivity index (χ1) is 10.3. The number of carbonyl (C=O) groups is 1. The van der Waals surface area contributed by atoms with Crippen LogP contribution in [0, 0.1) is 0 Å². The first-order valence-electron chi connectivity index (χ1n) is 7.67. The molecule has 2 heterocycles. The van der Waals surface area contributed by atoms with Crippen LogP contribution >= 0.6 is 11.8 Å². The van der Waals surface area contributed by atoms with Crippen LogP contribution in [0.2, 0.25) is 0 Å². The number of amides is 1. The maximum absolute atomic E-state index is 12.2. The highest BCUT2D eigenvalue weighted by atomic mass is 32.2. The van der Waals surface area contributed by atoms with E-state index < -0.39 is 0 Å². The molecule has 114 valence electrons. The average Bonchev–Trinajstić information content (AvgIpc) is 2.96. The molecule has 0 saturated carbocycles. The molecule has 2 N–H and O–H groups in total. The molecule has 2 aliphatic heterocycles. The second-order valence-corrected chi connectivity index (χ2v) is 6.77. The summed E-state index contributed by atoms with van der Waals surface area (Å²) in [6, 6.07) is 8.26. The van der Waals surface area contributed by atoms with Gasteiger partial charge in [0.15, 0.2) is 0 Å². The van der Waals surface area contributed by atoms with Gasteiger partial charge in [0.05, 0.1) is 18.0 Å². The lowest BCUT2D eigenvalue weighted by Crippen LogP contribution is -2.37. The molecule has 1 aromatic carbocycles. The fraction of sp³-hybridized carbons (Fsp3) is 0.562. The van der Waals surface area contributed by atoms with Gasteiger partial charge in [0.25, 0.3) is 0 Å². The molecule has 1 fully saturated rings. The molecule has 0 aromatic heterocycles. The molecule has 1 amide bonds. The van der Waals surface area contributed by atoms with E-state index >= 15 is 0 Å². The number of ether oxygens (including phenoxy) is 1. The van der Waals surface area contributed by atoms with E-state index in [1.54, 1.807) is 11.8 Å². The minimum absolute atomic E-state index is 0.0151. The maximum atomic E-state index is 12.2. The molecule has 3 rings (SSSR count). The second kappa shape index (κ2) is 7.29. The van der Waals surface area contributed by atoms with Gasteiger partial charge in [-0.05, 0) is 44.0 Å². The molecule has 1 aromatic rings. The van der Waals surface area contributed by atoms with Crippen LogP contribution in [0.15, 0.2) is 29.2 Å². The Morgan fingerprint density at radius 2 is 2.14 bits per heavy atom. The topological polar surface area (TPSA) is 50.4 Å². The van der Waals surface area contributed by atoms with Gasteiger partial charge in [-0.3, -0.25) is 4.79 Å². The van der Waals surface area contributed by atoms with Crippen molar-refractivity contribution in [1.29, 1.82) is 0 Å². The van der Waals surface area contributed by atoms with E-state index in [0.29, 0.717) is 19.3 Å². The summed E-state index contributed by atoms with van der Waals surface area (Å²) in [7, 11) is 0. The largest absolute Gasteiger partial charge is 0.376 e. The third-order valence-electron chi connectivity index (χ3n) is 3.98. The zero-order valence-corrected chi connectivity index (χ0v) is 13.0. The first kappa shape index (κ1) is 14.9. The quantitative estimate of drug-likeness (QED) is 0.811. The molecule has 2 aliphatic rings. The van der Waals surface area contributed by atoms with Gasteiger partial charge >= 0.3 is 0 Å². The monoisotopic (exact) mass is 306 g/mol. The summed E-state index contributed by atoms with van der Waals surface area (Å²) in [6.07, 6.45) is 3.33. The highest BCUT2D eigenvalue weighted by molar-refractivity contribution is 8.01. The Morgan fingerprint density at radius 1 is 1.33 bits per heavy atom. The molecule has 0 radical (unpaired) electrons. The highest BCUT2D eigenvalue weighted by Gasteiger charge is 2.27. The molecule has 4 nitrogen and oxygen atoms in total. The molecular weight excluding hydrogens is 284 g/mol. The van der Waals surface area contributed by atoms with Crippen LogP contribution in [-0.2, 0) is 16.0 Å². The Bertz CT molecular complexity index is 464. The van der Waals surface area contributed by atoms with Crippen molar-refractivity contribution in [3.63, 3.8) is 0 Å². The Hall–Kier alpha value is -1.04. The summed E-state index contributed by atoms with van der Waals surface area (Å²) in [5.41, 5.74) is 1.29. The van der Waals surface area contributed by atoms with Crippen molar-refractivity contribution in [2.45, 2.75) is 35.5 Å². The summed E-state index contributed by atoms with van der Waals surface area (Å²) in [5, 5.41) is 6.33. The van der Waals surface area contributed by atoms with E-state index in [2.05, 4.69) is 22.8 Å². The van der Waals surface area contributed by atoms with Crippen LogP contribution in [0.25, 0.3) is 0 Å². The van der Waals surface area contributed by atoms with E-state index in [9.17, 15) is 4.79 Å². The molecule has 0 bridgehead atoms. The van der Waals surface area contributed by atoms with Gasteiger partial charge < -0.3 is 15.4 Å². The number of nitrogens with one attached hydrogen (secondary N) is 2. The average molecular weight is 306 g/mol. The van der Waals surface area contributed by atoms with Crippen LogP contribution in [0.3, 0.4) is 0 Å². The number of hydrogen-bond acceptors (Lipinski definition) is 4. The standard InChI is InChI=1S/C16H22N2O2S/c19-16(15-11-12-3-1-2-4-14(12)21-15)18-9-10-20-13-5-7-17-8-6-13/h1-4,13,15,17H,5-11H2,(H,18,19). The number of carbonyl (C=O) groups excluding carboxylic acids is 1. The number of hydrogen-bond donors (Lipinski definition) is 2. The van der Waals surface area contributed by atoms with Crippen molar-refractivity contribution in [3.05, 3.63) is 29.8 Å². The predicted octanol–water partition coefficient (Wildman–Crippen LogP) is 1.59. The van der Waals surface area contributed by atoms with Crippen LogP contribution in [-0.4, -0.2) is 43.5 Å². The van der Waals surface area contributed by atoms with Gasteiger partial charge in [-0.1, -0.05) is 18.2 Å². The molecule has 5 heteroatoms. The summed E-state index contributed by atoms with van der Waals surface area (Å²) in [6.45, 7) is 3.29. The molecule has 21 heavy (non-hydrogen) atoms. The summed E-state index contributed by atoms with van der Waals surface area (Å²) < 4.78 is 5.80. The van der Waals surface area contributed by atoms with Crippen LogP contribution in [0.1, 0.15) is 18.4 Å². The number of fused-ring (bicyclic) bond motifs is 1. The zero-order chi connectivity index (χ0) is 14.5. The predicted molar refractivity (Wildman–Crippen MR) is 84.6 cm³/mol. The summed E-state index contributed by atoms with van der Waals surface area (Å²) in [5.74, 6) is 0.130. The second-order valence-electron chi connectivity index (χ2n) is 5.53. The third-order valence-corrected chi connectivity index (χ3v) is 5.30. The number of rotatable bonds is 5. The molecule has 1 atom stereocenters. The minimum Gasteiger partial charge on any atom is -0.376 e. The summed E-state index contributed by atoms with van der Waals surface area (Å²) in [4.78, 5) is 13.4. The van der Waals surface area contributed by atoms with E-state index in [1.807, 2.05) is 12.1 Å². The van der Waals surface area contributed by atoms with Crippen molar-refractivity contribution in [3.8, 4) is 0 Å². The normalized spacial score (nSPS) is 22.0. The maximum Gasteiger partial charge on any atom is 0.233 e. The lowest BCUT2D eigenvalue weighted by atomic mass is 10.1. The summed E-state index contributed by atoms with van der Waals surface area (Å²) >= 11 is 1.67. The molecule has 0 spiro atoms. The Morgan fingerprint density at radius 3 is 2.95 bits per heavy atom. The van der Waals surface area contributed by atoms with E-state index in [4.69, 9.17) is 4.74 Å². The van der Waals surface area contributed by atoms with Crippen molar-refractivity contribution in [1.82, 2.24) is 10.6 Å². The van der Waals surface area contributed by atoms with Crippen molar-refractivity contribution in [2.75, 3.05) is 26.2 Å². The third kappa shape index (κ3) is 3.99. The van der Waals surface area contributed by atoms with Crippen molar-refractivity contribution < 1.29 is 9.53 Å². The number of thioether (sulfide) groups is 1. The fourth-order valence-corrected chi connectivity index (χ4v) is 4.02. The Labute approximate surface area is 130 Å². The zero-order valence-electron chi connectivity index (χ0n) is 12.1. The van der Waals surface area contributed by atoms with Gasteiger partial charge in [-0.2, -0.15) is 0 Å². The number of piperidine rings is 1. The lowest BCUT2D eigenvalue weighted by molar-refractivity contribution is -0.120. The van der Waals surface area contributed by atoms with Crippen molar-refractivity contribution >= 4 is 17.7 Å². The van der Waals surface area contributed by atoms with E-state index in [1.165, 1.54) is 10.5 Å². The molecule has 0 aliphatic carbocycles.